The van der Waals surface area contributed by atoms with E-state index in [9.17, 15) is 9.59 Å². The second-order valence-corrected chi connectivity index (χ2v) is 9.09. The van der Waals surface area contributed by atoms with Gasteiger partial charge in [-0.3, -0.25) is 9.59 Å². The van der Waals surface area contributed by atoms with Gasteiger partial charge in [-0.25, -0.2) is 0 Å². The summed E-state index contributed by atoms with van der Waals surface area (Å²) in [6.45, 7) is 1.47. The topological polar surface area (TPSA) is 75.2 Å². The number of aromatic nitrogens is 2. The van der Waals surface area contributed by atoms with Crippen molar-refractivity contribution in [2.24, 2.45) is 0 Å². The number of carbonyl (C=O) groups excluding carboxylic acids is 2. The van der Waals surface area contributed by atoms with Gasteiger partial charge in [0.25, 0.3) is 5.91 Å². The van der Waals surface area contributed by atoms with Gasteiger partial charge < -0.3 is 10.2 Å². The predicted octanol–water partition coefficient (Wildman–Crippen LogP) is 3.20. The summed E-state index contributed by atoms with van der Waals surface area (Å²) >= 11 is 0. The van der Waals surface area contributed by atoms with Crippen LogP contribution in [-0.2, 0) is 10.2 Å². The zero-order chi connectivity index (χ0) is 20.6. The maximum atomic E-state index is 12.8. The first-order chi connectivity index (χ1) is 14.6. The number of likely N-dealkylation sites (tertiary alicyclic amines) is 1. The molecule has 3 aliphatic rings. The van der Waals surface area contributed by atoms with E-state index in [-0.39, 0.29) is 23.1 Å². The van der Waals surface area contributed by atoms with Crippen LogP contribution in [0.15, 0.2) is 42.7 Å². The first-order valence-electron chi connectivity index (χ1n) is 11.1. The fraction of sp³-hybridized carbons (Fsp3) is 0.500. The summed E-state index contributed by atoms with van der Waals surface area (Å²) in [4.78, 5) is 27.3. The number of carbonyl (C=O) groups is 2. The maximum Gasteiger partial charge on any atom is 0.255 e. The summed E-state index contributed by atoms with van der Waals surface area (Å²) in [6.07, 6.45) is 10.0. The fourth-order valence-electron chi connectivity index (χ4n) is 5.48. The average molecular weight is 405 g/mol. The van der Waals surface area contributed by atoms with Crippen LogP contribution >= 0.6 is 0 Å². The number of fused-ring (bicyclic) bond motifs is 2. The van der Waals surface area contributed by atoms with E-state index in [1.54, 1.807) is 12.3 Å². The predicted molar refractivity (Wildman–Crippen MR) is 113 cm³/mol. The monoisotopic (exact) mass is 404 g/mol. The summed E-state index contributed by atoms with van der Waals surface area (Å²) in [6, 6.07) is 10.7. The van der Waals surface area contributed by atoms with Crippen molar-refractivity contribution in [1.82, 2.24) is 20.4 Å². The van der Waals surface area contributed by atoms with Crippen LogP contribution in [0.2, 0.25) is 0 Å². The Morgan fingerprint density at radius 2 is 1.90 bits per heavy atom. The number of amides is 2. The molecule has 1 aromatic carbocycles. The van der Waals surface area contributed by atoms with Crippen LogP contribution in [0.5, 0.6) is 0 Å². The van der Waals surface area contributed by atoms with Gasteiger partial charge in [0.05, 0.1) is 18.0 Å². The van der Waals surface area contributed by atoms with E-state index >= 15 is 0 Å². The lowest BCUT2D eigenvalue weighted by molar-refractivity contribution is -0.122. The average Bonchev–Trinajstić information content (AvgIpc) is 3.05. The molecule has 1 N–H and O–H groups in total. The molecule has 0 unspecified atom stereocenters. The Balaban J connectivity index is 1.29. The van der Waals surface area contributed by atoms with Gasteiger partial charge in [0, 0.05) is 25.6 Å². The van der Waals surface area contributed by atoms with Crippen molar-refractivity contribution in [1.29, 1.82) is 0 Å². The van der Waals surface area contributed by atoms with E-state index in [4.69, 9.17) is 0 Å². The highest BCUT2D eigenvalue weighted by atomic mass is 16.2. The first kappa shape index (κ1) is 19.2. The second kappa shape index (κ2) is 7.82. The van der Waals surface area contributed by atoms with Gasteiger partial charge in [-0.15, -0.1) is 0 Å². The van der Waals surface area contributed by atoms with Gasteiger partial charge in [-0.05, 0) is 67.1 Å². The van der Waals surface area contributed by atoms with Crippen molar-refractivity contribution in [2.75, 3.05) is 13.1 Å². The number of hydrogen-bond donors (Lipinski definition) is 1. The molecular formula is C24H28N4O2. The Morgan fingerprint density at radius 1 is 1.10 bits per heavy atom. The molecule has 1 atom stereocenters. The van der Waals surface area contributed by atoms with Gasteiger partial charge in [0.1, 0.15) is 0 Å². The molecule has 6 nitrogen and oxygen atoms in total. The lowest BCUT2D eigenvalue weighted by atomic mass is 9.73. The van der Waals surface area contributed by atoms with Crippen LogP contribution in [0.25, 0.3) is 0 Å². The molecule has 2 fully saturated rings. The summed E-state index contributed by atoms with van der Waals surface area (Å²) in [5.41, 5.74) is 3.40. The van der Waals surface area contributed by atoms with Gasteiger partial charge >= 0.3 is 0 Å². The summed E-state index contributed by atoms with van der Waals surface area (Å²) in [5.74, 6) is 0.490. The molecule has 5 rings (SSSR count). The number of rotatable bonds is 4. The minimum absolute atomic E-state index is 0.0301. The number of nitrogens with zero attached hydrogens (tertiary/aromatic N) is 3. The summed E-state index contributed by atoms with van der Waals surface area (Å²) < 4.78 is 0. The normalized spacial score (nSPS) is 22.4. The van der Waals surface area contributed by atoms with Crippen molar-refractivity contribution in [3.8, 4) is 0 Å². The Hall–Kier alpha value is -2.76. The molecule has 156 valence electrons. The Morgan fingerprint density at radius 3 is 2.60 bits per heavy atom. The fourth-order valence-corrected chi connectivity index (χ4v) is 5.48. The largest absolute Gasteiger partial charge is 0.353 e. The zero-order valence-corrected chi connectivity index (χ0v) is 17.2. The Labute approximate surface area is 177 Å². The van der Waals surface area contributed by atoms with E-state index in [2.05, 4.69) is 39.8 Å². The molecule has 30 heavy (non-hydrogen) atoms. The lowest BCUT2D eigenvalue weighted by Gasteiger charge is -2.40. The lowest BCUT2D eigenvalue weighted by Crippen LogP contribution is -2.44. The van der Waals surface area contributed by atoms with Crippen molar-refractivity contribution < 1.29 is 9.59 Å². The maximum absolute atomic E-state index is 12.8. The number of hydrogen-bond acceptors (Lipinski definition) is 4. The van der Waals surface area contributed by atoms with Crippen molar-refractivity contribution in [2.45, 2.75) is 62.3 Å². The van der Waals surface area contributed by atoms with E-state index in [0.29, 0.717) is 18.0 Å². The Bertz CT molecular complexity index is 933. The minimum atomic E-state index is 0.0301. The van der Waals surface area contributed by atoms with Crippen LogP contribution in [-0.4, -0.2) is 46.0 Å². The quantitative estimate of drug-likeness (QED) is 0.849. The number of piperidine rings is 1. The van der Waals surface area contributed by atoms with Crippen LogP contribution in [0.4, 0.5) is 0 Å². The highest BCUT2D eigenvalue weighted by Crippen LogP contribution is 2.52. The van der Waals surface area contributed by atoms with Crippen LogP contribution in [0.3, 0.4) is 0 Å². The molecule has 1 aromatic heterocycles. The van der Waals surface area contributed by atoms with E-state index in [1.165, 1.54) is 23.7 Å². The minimum Gasteiger partial charge on any atom is -0.353 e. The SMILES string of the molecule is O=C(C[C@@H]1CC2(CCN(C(=O)c3ccnnc3)CC2)c2ccccc21)NC1CCC1. The van der Waals surface area contributed by atoms with Crippen LogP contribution in [0, 0.1) is 0 Å². The van der Waals surface area contributed by atoms with Gasteiger partial charge in [-0.1, -0.05) is 24.3 Å². The summed E-state index contributed by atoms with van der Waals surface area (Å²) in [5, 5.41) is 10.8. The van der Waals surface area contributed by atoms with Gasteiger partial charge in [-0.2, -0.15) is 10.2 Å². The molecular weight excluding hydrogens is 376 g/mol. The molecule has 2 amide bonds. The molecule has 0 bridgehead atoms. The molecule has 6 heteroatoms. The highest BCUT2D eigenvalue weighted by Gasteiger charge is 2.46. The zero-order valence-electron chi connectivity index (χ0n) is 17.2. The summed E-state index contributed by atoms with van der Waals surface area (Å²) in [7, 11) is 0. The van der Waals surface area contributed by atoms with Crippen LogP contribution < -0.4 is 5.32 Å². The third kappa shape index (κ3) is 3.48. The molecule has 1 aliphatic heterocycles. The highest BCUT2D eigenvalue weighted by molar-refractivity contribution is 5.93. The molecule has 2 aromatic rings. The standard InChI is InChI=1S/C24H28N4O2/c29-22(27-19-4-3-5-19)14-18-15-24(21-7-2-1-6-20(18)21)9-12-28(13-10-24)23(30)17-8-11-25-26-16-17/h1-2,6-8,11,16,18-19H,3-5,9-10,12-15H2,(H,27,29)/t18-/m1/s1. The molecule has 0 radical (unpaired) electrons. The molecule has 1 saturated heterocycles. The second-order valence-electron chi connectivity index (χ2n) is 9.09. The van der Waals surface area contributed by atoms with Crippen molar-refractivity contribution in [3.05, 3.63) is 59.4 Å². The molecule has 1 spiro atoms. The third-order valence-electron chi connectivity index (χ3n) is 7.35. The van der Waals surface area contributed by atoms with E-state index in [1.807, 2.05) is 4.90 Å². The smallest absolute Gasteiger partial charge is 0.255 e. The van der Waals surface area contributed by atoms with Gasteiger partial charge in [0.15, 0.2) is 0 Å². The van der Waals surface area contributed by atoms with Crippen LogP contribution in [0.1, 0.15) is 72.3 Å². The number of benzene rings is 1. The first-order valence-corrected chi connectivity index (χ1v) is 11.1. The molecule has 1 saturated carbocycles. The number of nitrogens with one attached hydrogen (secondary N) is 1. The molecule has 2 heterocycles. The van der Waals surface area contributed by atoms with E-state index < -0.39 is 0 Å². The molecule has 2 aliphatic carbocycles. The van der Waals surface area contributed by atoms with Crippen molar-refractivity contribution >= 4 is 11.8 Å². The van der Waals surface area contributed by atoms with Crippen molar-refractivity contribution in [3.63, 3.8) is 0 Å². The third-order valence-corrected chi connectivity index (χ3v) is 7.35. The van der Waals surface area contributed by atoms with Gasteiger partial charge in [0.2, 0.25) is 5.91 Å². The van der Waals surface area contributed by atoms with E-state index in [0.717, 1.165) is 45.2 Å². The Kier molecular flexibility index (Phi) is 5.01.